The van der Waals surface area contributed by atoms with Gasteiger partial charge in [0.25, 0.3) is 9.84 Å². The molecule has 0 heterocycles. The lowest BCUT2D eigenvalue weighted by atomic mass is 10.1. The molecule has 0 unspecified atom stereocenters. The van der Waals surface area contributed by atoms with E-state index in [0.29, 0.717) is 5.56 Å². The molecule has 0 aliphatic heterocycles. The van der Waals surface area contributed by atoms with Gasteiger partial charge in [-0.25, -0.2) is 8.42 Å². The Morgan fingerprint density at radius 3 is 2.16 bits per heavy atom. The Bertz CT molecular complexity index is 746. The first-order valence-electron chi connectivity index (χ1n) is 5.65. The van der Waals surface area contributed by atoms with Crippen LogP contribution in [0, 0.1) is 6.92 Å². The molecule has 2 aromatic carbocycles. The first-order valence-corrected chi connectivity index (χ1v) is 7.14. The molecule has 0 aliphatic rings. The number of hydrogen-bond donors (Lipinski definition) is 0. The average molecular weight is 272 g/mol. The zero-order valence-electron chi connectivity index (χ0n) is 10.3. The first-order chi connectivity index (χ1) is 9.07. The number of rotatable bonds is 2. The topological polar surface area (TPSA) is 70.5 Å². The second kappa shape index (κ2) is 5.18. The highest BCUT2D eigenvalue weighted by Crippen LogP contribution is 2.18. The van der Waals surface area contributed by atoms with Gasteiger partial charge in [-0.3, -0.25) is 0 Å². The highest BCUT2D eigenvalue weighted by Gasteiger charge is 2.32. The highest BCUT2D eigenvalue weighted by atomic mass is 32.2. The van der Waals surface area contributed by atoms with E-state index < -0.39 is 9.84 Å². The van der Waals surface area contributed by atoms with Crippen LogP contribution in [0.15, 0.2) is 59.5 Å². The standard InChI is InChI=1S/C14H12N2O2S/c1-11-7-5-6-10-13(11)14(16-15)19(17,18)12-8-3-2-4-9-12/h2-10H,1H3. The van der Waals surface area contributed by atoms with Crippen molar-refractivity contribution in [1.29, 1.82) is 0 Å². The molecule has 0 aliphatic carbocycles. The Morgan fingerprint density at radius 1 is 1.00 bits per heavy atom. The van der Waals surface area contributed by atoms with Crippen LogP contribution in [0.4, 0.5) is 0 Å². The smallest absolute Gasteiger partial charge is 0.360 e. The molecule has 0 fully saturated rings. The summed E-state index contributed by atoms with van der Waals surface area (Å²) in [4.78, 5) is 3.10. The van der Waals surface area contributed by atoms with E-state index in [1.54, 1.807) is 49.4 Å². The molecule has 96 valence electrons. The Balaban J connectivity index is 2.63. The zero-order chi connectivity index (χ0) is 13.9. The zero-order valence-corrected chi connectivity index (χ0v) is 11.1. The summed E-state index contributed by atoms with van der Waals surface area (Å²) in [5, 5.41) is -0.336. The molecular weight excluding hydrogens is 260 g/mol. The van der Waals surface area contributed by atoms with Crippen LogP contribution in [-0.4, -0.2) is 18.3 Å². The molecule has 0 saturated carbocycles. The van der Waals surface area contributed by atoms with E-state index in [-0.39, 0.29) is 9.94 Å². The third-order valence-electron chi connectivity index (χ3n) is 2.77. The monoisotopic (exact) mass is 272 g/mol. The number of aryl methyl sites for hydroxylation is 1. The van der Waals surface area contributed by atoms with Crippen molar-refractivity contribution in [3.8, 4) is 0 Å². The molecule has 19 heavy (non-hydrogen) atoms. The quantitative estimate of drug-likeness (QED) is 0.364. The van der Waals surface area contributed by atoms with E-state index in [0.717, 1.165) is 5.56 Å². The molecule has 4 nitrogen and oxygen atoms in total. The number of sulfone groups is 1. The van der Waals surface area contributed by atoms with Crippen molar-refractivity contribution < 1.29 is 13.2 Å². The lowest BCUT2D eigenvalue weighted by Gasteiger charge is -2.02. The summed E-state index contributed by atoms with van der Waals surface area (Å²) in [5.74, 6) is 0. The molecule has 2 aromatic rings. The Morgan fingerprint density at radius 2 is 1.58 bits per heavy atom. The molecule has 0 aromatic heterocycles. The minimum absolute atomic E-state index is 0.103. The van der Waals surface area contributed by atoms with Gasteiger partial charge in [0.1, 0.15) is 0 Å². The number of nitrogens with zero attached hydrogens (tertiary/aromatic N) is 2. The maximum Gasteiger partial charge on any atom is 0.416 e. The van der Waals surface area contributed by atoms with Gasteiger partial charge in [-0.05, 0) is 30.7 Å². The largest absolute Gasteiger partial charge is 0.416 e. The molecule has 0 N–H and O–H groups in total. The minimum atomic E-state index is -3.83. The maximum atomic E-state index is 12.4. The lowest BCUT2D eigenvalue weighted by molar-refractivity contribution is 0.000566. The van der Waals surface area contributed by atoms with Crippen LogP contribution >= 0.6 is 0 Å². The Hall–Kier alpha value is -2.23. The second-order valence-electron chi connectivity index (χ2n) is 4.04. The highest BCUT2D eigenvalue weighted by molar-refractivity contribution is 8.06. The minimum Gasteiger partial charge on any atom is -0.360 e. The van der Waals surface area contributed by atoms with E-state index in [2.05, 4.69) is 4.79 Å². The summed E-state index contributed by atoms with van der Waals surface area (Å²) in [5.41, 5.74) is 10.2. The molecular formula is C14H12N2O2S. The molecule has 5 heteroatoms. The Kier molecular flexibility index (Phi) is 3.60. The van der Waals surface area contributed by atoms with Gasteiger partial charge in [-0.1, -0.05) is 36.4 Å². The summed E-state index contributed by atoms with van der Waals surface area (Å²) in [6, 6.07) is 14.8. The van der Waals surface area contributed by atoms with Gasteiger partial charge in [0.2, 0.25) is 0 Å². The fourth-order valence-corrected chi connectivity index (χ4v) is 3.14. The third kappa shape index (κ3) is 2.47. The van der Waals surface area contributed by atoms with Crippen molar-refractivity contribution in [2.75, 3.05) is 0 Å². The van der Waals surface area contributed by atoms with Gasteiger partial charge in [0.05, 0.1) is 10.5 Å². The summed E-state index contributed by atoms with van der Waals surface area (Å²) in [6.45, 7) is 1.76. The van der Waals surface area contributed by atoms with Crippen molar-refractivity contribution in [3.05, 3.63) is 71.3 Å². The normalized spacial score (nSPS) is 10.8. The molecule has 0 saturated heterocycles. The van der Waals surface area contributed by atoms with Crippen molar-refractivity contribution in [3.63, 3.8) is 0 Å². The van der Waals surface area contributed by atoms with Crippen LogP contribution in [0.25, 0.3) is 5.53 Å². The first kappa shape index (κ1) is 13.2. The number of benzene rings is 2. The molecule has 2 rings (SSSR count). The van der Waals surface area contributed by atoms with Gasteiger partial charge in [0, 0.05) is 0 Å². The van der Waals surface area contributed by atoms with Gasteiger partial charge < -0.3 is 5.53 Å². The van der Waals surface area contributed by atoms with Crippen LogP contribution < -0.4 is 0 Å². The summed E-state index contributed by atoms with van der Waals surface area (Å²) in [7, 11) is -3.83. The van der Waals surface area contributed by atoms with Crippen LogP contribution in [0.5, 0.6) is 0 Å². The fourth-order valence-electron chi connectivity index (χ4n) is 1.78. The molecule has 0 radical (unpaired) electrons. The predicted octanol–water partition coefficient (Wildman–Crippen LogP) is 2.45. The molecule has 0 spiro atoms. The molecule has 0 amide bonds. The summed E-state index contributed by atoms with van der Waals surface area (Å²) >= 11 is 0. The van der Waals surface area contributed by atoms with Crippen LogP contribution in [-0.2, 0) is 9.84 Å². The van der Waals surface area contributed by atoms with Crippen LogP contribution in [0.1, 0.15) is 11.1 Å². The fraction of sp³-hybridized carbons (Fsp3) is 0.0714. The van der Waals surface area contributed by atoms with Gasteiger partial charge in [0.15, 0.2) is 0 Å². The predicted molar refractivity (Wildman–Crippen MR) is 72.5 cm³/mol. The SMILES string of the molecule is Cc1ccccc1C(=[N+]=[N-])S(=O)(=O)c1ccccc1. The van der Waals surface area contributed by atoms with Crippen molar-refractivity contribution >= 4 is 14.9 Å². The van der Waals surface area contributed by atoms with Gasteiger partial charge in [-0.15, -0.1) is 0 Å². The lowest BCUT2D eigenvalue weighted by Crippen LogP contribution is -2.18. The summed E-state index contributed by atoms with van der Waals surface area (Å²) < 4.78 is 24.9. The van der Waals surface area contributed by atoms with Crippen molar-refractivity contribution in [2.24, 2.45) is 0 Å². The molecule has 0 atom stereocenters. The van der Waals surface area contributed by atoms with Gasteiger partial charge >= 0.3 is 5.04 Å². The second-order valence-corrected chi connectivity index (χ2v) is 5.90. The Labute approximate surface area is 111 Å². The summed E-state index contributed by atoms with van der Waals surface area (Å²) in [6.07, 6.45) is 0. The van der Waals surface area contributed by atoms with E-state index in [1.807, 2.05) is 0 Å². The maximum absolute atomic E-state index is 12.4. The van der Waals surface area contributed by atoms with Crippen LogP contribution in [0.2, 0.25) is 0 Å². The van der Waals surface area contributed by atoms with Crippen molar-refractivity contribution in [2.45, 2.75) is 11.8 Å². The van der Waals surface area contributed by atoms with Gasteiger partial charge in [-0.2, -0.15) is 4.79 Å². The van der Waals surface area contributed by atoms with E-state index in [1.165, 1.54) is 12.1 Å². The number of hydrogen-bond acceptors (Lipinski definition) is 2. The van der Waals surface area contributed by atoms with E-state index in [4.69, 9.17) is 5.53 Å². The van der Waals surface area contributed by atoms with E-state index in [9.17, 15) is 8.42 Å². The third-order valence-corrected chi connectivity index (χ3v) is 4.48. The van der Waals surface area contributed by atoms with Crippen LogP contribution in [0.3, 0.4) is 0 Å². The average Bonchev–Trinajstić information content (AvgIpc) is 2.42. The molecule has 0 bridgehead atoms. The van der Waals surface area contributed by atoms with E-state index >= 15 is 0 Å². The van der Waals surface area contributed by atoms with Crippen molar-refractivity contribution in [1.82, 2.24) is 0 Å².